The van der Waals surface area contributed by atoms with E-state index in [-0.39, 0.29) is 6.42 Å². The SMILES string of the molecule is O=C(O)CCC(NC(=O)c1cc(F)ccc1O)C(=O)O. The molecule has 1 aromatic rings. The highest BCUT2D eigenvalue weighted by Gasteiger charge is 2.23. The number of phenolic OH excluding ortho intramolecular Hbond substituents is 1. The van der Waals surface area contributed by atoms with E-state index >= 15 is 0 Å². The van der Waals surface area contributed by atoms with Crippen molar-refractivity contribution >= 4 is 17.8 Å². The van der Waals surface area contributed by atoms with Crippen molar-refractivity contribution in [2.24, 2.45) is 0 Å². The van der Waals surface area contributed by atoms with Crippen molar-refractivity contribution in [2.75, 3.05) is 0 Å². The van der Waals surface area contributed by atoms with Crippen LogP contribution in [-0.4, -0.2) is 39.2 Å². The summed E-state index contributed by atoms with van der Waals surface area (Å²) >= 11 is 0. The second-order valence-corrected chi connectivity index (χ2v) is 3.96. The average molecular weight is 285 g/mol. The van der Waals surface area contributed by atoms with Gasteiger partial charge in [0.1, 0.15) is 17.6 Å². The molecule has 1 aromatic carbocycles. The van der Waals surface area contributed by atoms with Crippen LogP contribution in [0.15, 0.2) is 18.2 Å². The van der Waals surface area contributed by atoms with E-state index in [2.05, 4.69) is 0 Å². The number of amides is 1. The fourth-order valence-electron chi connectivity index (χ4n) is 1.45. The monoisotopic (exact) mass is 285 g/mol. The van der Waals surface area contributed by atoms with Crippen LogP contribution in [0.25, 0.3) is 0 Å². The van der Waals surface area contributed by atoms with Gasteiger partial charge in [-0.2, -0.15) is 0 Å². The minimum Gasteiger partial charge on any atom is -0.507 e. The summed E-state index contributed by atoms with van der Waals surface area (Å²) in [6.07, 6.45) is -0.779. The number of nitrogens with one attached hydrogen (secondary N) is 1. The summed E-state index contributed by atoms with van der Waals surface area (Å²) in [7, 11) is 0. The van der Waals surface area contributed by atoms with Gasteiger partial charge in [0.2, 0.25) is 0 Å². The number of phenols is 1. The molecule has 20 heavy (non-hydrogen) atoms. The number of hydrogen-bond donors (Lipinski definition) is 4. The number of carboxylic acid groups (broad SMARTS) is 2. The number of rotatable bonds is 6. The Kier molecular flexibility index (Phi) is 5.01. The van der Waals surface area contributed by atoms with Crippen LogP contribution in [0.4, 0.5) is 4.39 Å². The zero-order chi connectivity index (χ0) is 15.3. The van der Waals surface area contributed by atoms with Gasteiger partial charge in [0.25, 0.3) is 5.91 Å². The zero-order valence-corrected chi connectivity index (χ0v) is 10.2. The second-order valence-electron chi connectivity index (χ2n) is 3.96. The first-order valence-electron chi connectivity index (χ1n) is 5.55. The predicted molar refractivity (Wildman–Crippen MR) is 63.8 cm³/mol. The molecule has 1 amide bonds. The van der Waals surface area contributed by atoms with Gasteiger partial charge in [0, 0.05) is 6.42 Å². The van der Waals surface area contributed by atoms with Gasteiger partial charge in [-0.3, -0.25) is 9.59 Å². The molecule has 1 atom stereocenters. The number of carboxylic acids is 2. The van der Waals surface area contributed by atoms with Crippen molar-refractivity contribution in [1.29, 1.82) is 0 Å². The molecule has 0 aliphatic heterocycles. The lowest BCUT2D eigenvalue weighted by molar-refractivity contribution is -0.140. The van der Waals surface area contributed by atoms with Crippen LogP contribution in [-0.2, 0) is 9.59 Å². The van der Waals surface area contributed by atoms with Crippen LogP contribution < -0.4 is 5.32 Å². The van der Waals surface area contributed by atoms with Crippen molar-refractivity contribution in [3.05, 3.63) is 29.6 Å². The van der Waals surface area contributed by atoms with Crippen LogP contribution >= 0.6 is 0 Å². The Morgan fingerprint density at radius 2 is 1.90 bits per heavy atom. The number of aromatic hydroxyl groups is 1. The van der Waals surface area contributed by atoms with Crippen molar-refractivity contribution < 1.29 is 34.1 Å². The molecule has 0 bridgehead atoms. The molecule has 0 heterocycles. The minimum absolute atomic E-state index is 0.327. The molecule has 0 spiro atoms. The Labute approximate surface area is 112 Å². The van der Waals surface area contributed by atoms with Gasteiger partial charge >= 0.3 is 11.9 Å². The third-order valence-corrected chi connectivity index (χ3v) is 2.45. The van der Waals surface area contributed by atoms with Crippen LogP contribution in [0.5, 0.6) is 5.75 Å². The summed E-state index contributed by atoms with van der Waals surface area (Å²) in [6, 6.07) is 1.20. The second kappa shape index (κ2) is 6.50. The fraction of sp³-hybridized carbons (Fsp3) is 0.250. The number of carbonyl (C=O) groups is 3. The molecule has 1 unspecified atom stereocenters. The van der Waals surface area contributed by atoms with E-state index in [9.17, 15) is 23.9 Å². The largest absolute Gasteiger partial charge is 0.507 e. The van der Waals surface area contributed by atoms with Crippen LogP contribution in [0, 0.1) is 5.82 Å². The first-order valence-corrected chi connectivity index (χ1v) is 5.55. The van der Waals surface area contributed by atoms with E-state index in [0.717, 1.165) is 18.2 Å². The summed E-state index contributed by atoms with van der Waals surface area (Å²) in [5.41, 5.74) is -0.424. The molecule has 7 nitrogen and oxygen atoms in total. The van der Waals surface area contributed by atoms with Crippen LogP contribution in [0.3, 0.4) is 0 Å². The highest BCUT2D eigenvalue weighted by molar-refractivity contribution is 5.98. The molecule has 0 fully saturated rings. The predicted octanol–water partition coefficient (Wildman–Crippen LogP) is 0.579. The van der Waals surface area contributed by atoms with Gasteiger partial charge in [-0.15, -0.1) is 0 Å². The van der Waals surface area contributed by atoms with Crippen molar-refractivity contribution in [3.63, 3.8) is 0 Å². The van der Waals surface area contributed by atoms with Gasteiger partial charge < -0.3 is 20.6 Å². The number of hydrogen-bond acceptors (Lipinski definition) is 4. The minimum atomic E-state index is -1.44. The highest BCUT2D eigenvalue weighted by Crippen LogP contribution is 2.18. The number of aliphatic carboxylic acids is 2. The molecule has 0 saturated carbocycles. The normalized spacial score (nSPS) is 11.7. The van der Waals surface area contributed by atoms with Gasteiger partial charge in [-0.05, 0) is 24.6 Å². The number of carbonyl (C=O) groups excluding carboxylic acids is 1. The van der Waals surface area contributed by atoms with E-state index in [1.54, 1.807) is 0 Å². The van der Waals surface area contributed by atoms with E-state index in [0.29, 0.717) is 0 Å². The average Bonchev–Trinajstić information content (AvgIpc) is 2.36. The maximum Gasteiger partial charge on any atom is 0.326 e. The van der Waals surface area contributed by atoms with E-state index in [4.69, 9.17) is 10.2 Å². The topological polar surface area (TPSA) is 124 Å². The highest BCUT2D eigenvalue weighted by atomic mass is 19.1. The van der Waals surface area contributed by atoms with Gasteiger partial charge in [-0.1, -0.05) is 0 Å². The van der Waals surface area contributed by atoms with Gasteiger partial charge in [0.15, 0.2) is 0 Å². The standard InChI is InChI=1S/C12H12FNO6/c13-6-1-3-9(15)7(5-6)11(18)14-8(12(19)20)2-4-10(16)17/h1,3,5,8,15H,2,4H2,(H,14,18)(H,16,17)(H,19,20). The summed E-state index contributed by atoms with van der Waals surface area (Å²) in [4.78, 5) is 33.0. The molecule has 1 rings (SSSR count). The van der Waals surface area contributed by atoms with Gasteiger partial charge in [-0.25, -0.2) is 9.18 Å². The smallest absolute Gasteiger partial charge is 0.326 e. The molecule has 0 aliphatic carbocycles. The summed E-state index contributed by atoms with van der Waals surface area (Å²) in [5, 5.41) is 28.8. The lowest BCUT2D eigenvalue weighted by atomic mass is 10.1. The summed E-state index contributed by atoms with van der Waals surface area (Å²) < 4.78 is 13.0. The Morgan fingerprint density at radius 3 is 2.45 bits per heavy atom. The Balaban J connectivity index is 2.82. The Hall–Kier alpha value is -2.64. The third kappa shape index (κ3) is 4.23. The van der Waals surface area contributed by atoms with Crippen LogP contribution in [0.1, 0.15) is 23.2 Å². The number of benzene rings is 1. The third-order valence-electron chi connectivity index (χ3n) is 2.45. The maximum absolute atomic E-state index is 13.0. The molecule has 4 N–H and O–H groups in total. The quantitative estimate of drug-likeness (QED) is 0.606. The lowest BCUT2D eigenvalue weighted by Gasteiger charge is -2.14. The van der Waals surface area contributed by atoms with Crippen molar-refractivity contribution in [1.82, 2.24) is 5.32 Å². The van der Waals surface area contributed by atoms with Gasteiger partial charge in [0.05, 0.1) is 5.56 Å². The van der Waals surface area contributed by atoms with E-state index < -0.39 is 47.4 Å². The molecule has 108 valence electrons. The maximum atomic E-state index is 13.0. The zero-order valence-electron chi connectivity index (χ0n) is 10.2. The summed E-state index contributed by atoms with van der Waals surface area (Å²) in [5.74, 6) is -4.91. The summed E-state index contributed by atoms with van der Waals surface area (Å²) in [6.45, 7) is 0. The van der Waals surface area contributed by atoms with E-state index in [1.807, 2.05) is 5.32 Å². The lowest BCUT2D eigenvalue weighted by Crippen LogP contribution is -2.41. The van der Waals surface area contributed by atoms with Crippen molar-refractivity contribution in [2.45, 2.75) is 18.9 Å². The molecular weight excluding hydrogens is 273 g/mol. The molecule has 0 saturated heterocycles. The molecule has 0 aliphatic rings. The molecule has 8 heteroatoms. The van der Waals surface area contributed by atoms with Crippen molar-refractivity contribution in [3.8, 4) is 5.75 Å². The fourth-order valence-corrected chi connectivity index (χ4v) is 1.45. The van der Waals surface area contributed by atoms with Crippen LogP contribution in [0.2, 0.25) is 0 Å². The number of halogens is 1. The van der Waals surface area contributed by atoms with E-state index in [1.165, 1.54) is 0 Å². The first-order chi connectivity index (χ1) is 9.31. The Bertz CT molecular complexity index is 545. The Morgan fingerprint density at radius 1 is 1.25 bits per heavy atom. The molecule has 0 aromatic heterocycles. The molecular formula is C12H12FNO6. The first kappa shape index (κ1) is 15.4. The molecule has 0 radical (unpaired) electrons.